The van der Waals surface area contributed by atoms with Crippen molar-refractivity contribution in [3.8, 4) is 17.1 Å². The molecule has 2 N–H and O–H groups in total. The van der Waals surface area contributed by atoms with Crippen molar-refractivity contribution in [1.82, 2.24) is 10.1 Å². The SMILES string of the molecule is COc1ccc(C(C)C)cc1-c1noc(CCN)n1. The van der Waals surface area contributed by atoms with E-state index in [1.807, 2.05) is 18.2 Å². The largest absolute Gasteiger partial charge is 0.496 e. The van der Waals surface area contributed by atoms with E-state index in [1.54, 1.807) is 7.11 Å². The second-order valence-electron chi connectivity index (χ2n) is 4.66. The van der Waals surface area contributed by atoms with Crippen molar-refractivity contribution in [3.05, 3.63) is 29.7 Å². The average molecular weight is 261 g/mol. The predicted octanol–water partition coefficient (Wildman–Crippen LogP) is 2.37. The summed E-state index contributed by atoms with van der Waals surface area (Å²) in [4.78, 5) is 4.34. The maximum absolute atomic E-state index is 5.48. The minimum Gasteiger partial charge on any atom is -0.496 e. The average Bonchev–Trinajstić information content (AvgIpc) is 2.87. The maximum Gasteiger partial charge on any atom is 0.228 e. The van der Waals surface area contributed by atoms with E-state index in [-0.39, 0.29) is 0 Å². The Morgan fingerprint density at radius 2 is 2.16 bits per heavy atom. The van der Waals surface area contributed by atoms with Crippen LogP contribution in [0.25, 0.3) is 11.4 Å². The molecule has 0 radical (unpaired) electrons. The first-order valence-corrected chi connectivity index (χ1v) is 6.36. The summed E-state index contributed by atoms with van der Waals surface area (Å²) in [7, 11) is 1.63. The first-order valence-electron chi connectivity index (χ1n) is 6.36. The van der Waals surface area contributed by atoms with E-state index in [1.165, 1.54) is 5.56 Å². The number of benzene rings is 1. The minimum atomic E-state index is 0.431. The predicted molar refractivity (Wildman–Crippen MR) is 73.1 cm³/mol. The highest BCUT2D eigenvalue weighted by molar-refractivity contribution is 5.65. The third kappa shape index (κ3) is 2.93. The summed E-state index contributed by atoms with van der Waals surface area (Å²) in [5.41, 5.74) is 7.53. The van der Waals surface area contributed by atoms with E-state index in [4.69, 9.17) is 15.0 Å². The fraction of sp³-hybridized carbons (Fsp3) is 0.429. The van der Waals surface area contributed by atoms with Gasteiger partial charge in [-0.15, -0.1) is 0 Å². The second kappa shape index (κ2) is 5.84. The van der Waals surface area contributed by atoms with Crippen molar-refractivity contribution in [2.45, 2.75) is 26.2 Å². The van der Waals surface area contributed by atoms with Gasteiger partial charge in [-0.25, -0.2) is 0 Å². The number of aromatic nitrogens is 2. The molecule has 1 heterocycles. The lowest BCUT2D eigenvalue weighted by Crippen LogP contribution is -2.02. The Labute approximate surface area is 112 Å². The summed E-state index contributed by atoms with van der Waals surface area (Å²) >= 11 is 0. The van der Waals surface area contributed by atoms with Gasteiger partial charge in [0.1, 0.15) is 5.75 Å². The number of nitrogens with two attached hydrogens (primary N) is 1. The summed E-state index contributed by atoms with van der Waals surface area (Å²) in [6.45, 7) is 4.77. The minimum absolute atomic E-state index is 0.431. The van der Waals surface area contributed by atoms with Gasteiger partial charge >= 0.3 is 0 Å². The van der Waals surface area contributed by atoms with Crippen molar-refractivity contribution in [2.75, 3.05) is 13.7 Å². The smallest absolute Gasteiger partial charge is 0.228 e. The van der Waals surface area contributed by atoms with Gasteiger partial charge in [-0.2, -0.15) is 4.98 Å². The van der Waals surface area contributed by atoms with E-state index in [9.17, 15) is 0 Å². The number of hydrogen-bond acceptors (Lipinski definition) is 5. The first kappa shape index (κ1) is 13.5. The summed E-state index contributed by atoms with van der Waals surface area (Å²) < 4.78 is 10.5. The molecule has 5 nitrogen and oxygen atoms in total. The van der Waals surface area contributed by atoms with Crippen LogP contribution < -0.4 is 10.5 Å². The number of nitrogens with zero attached hydrogens (tertiary/aromatic N) is 2. The van der Waals surface area contributed by atoms with Crippen molar-refractivity contribution >= 4 is 0 Å². The molecule has 0 unspecified atom stereocenters. The second-order valence-corrected chi connectivity index (χ2v) is 4.66. The van der Waals surface area contributed by atoms with Crippen LogP contribution in [0, 0.1) is 0 Å². The molecule has 1 aromatic heterocycles. The topological polar surface area (TPSA) is 74.2 Å². The normalized spacial score (nSPS) is 11.0. The molecule has 0 spiro atoms. The van der Waals surface area contributed by atoms with Gasteiger partial charge in [-0.3, -0.25) is 0 Å². The fourth-order valence-electron chi connectivity index (χ4n) is 1.85. The first-order chi connectivity index (χ1) is 9.15. The van der Waals surface area contributed by atoms with Gasteiger partial charge in [0.05, 0.1) is 12.7 Å². The Balaban J connectivity index is 2.42. The Hall–Kier alpha value is -1.88. The van der Waals surface area contributed by atoms with Crippen LogP contribution in [-0.4, -0.2) is 23.8 Å². The van der Waals surface area contributed by atoms with Gasteiger partial charge in [-0.05, 0) is 23.6 Å². The lowest BCUT2D eigenvalue weighted by Gasteiger charge is -2.10. The molecular formula is C14H19N3O2. The molecule has 19 heavy (non-hydrogen) atoms. The number of methoxy groups -OCH3 is 1. The Bertz CT molecular complexity index is 549. The molecule has 5 heteroatoms. The Kier molecular flexibility index (Phi) is 4.16. The molecule has 0 aliphatic heterocycles. The van der Waals surface area contributed by atoms with Gasteiger partial charge < -0.3 is 15.0 Å². The Morgan fingerprint density at radius 3 is 2.79 bits per heavy atom. The standard InChI is InChI=1S/C14H19N3O2/c1-9(2)10-4-5-12(18-3)11(8-10)14-16-13(6-7-15)19-17-14/h4-5,8-9H,6-7,15H2,1-3H3. The summed E-state index contributed by atoms with van der Waals surface area (Å²) in [6, 6.07) is 6.03. The van der Waals surface area contributed by atoms with E-state index >= 15 is 0 Å². The molecule has 0 fully saturated rings. The van der Waals surface area contributed by atoms with E-state index in [2.05, 4.69) is 24.0 Å². The van der Waals surface area contributed by atoms with Crippen LogP contribution in [0.4, 0.5) is 0 Å². The summed E-state index contributed by atoms with van der Waals surface area (Å²) in [6.07, 6.45) is 0.583. The molecule has 1 aromatic carbocycles. The van der Waals surface area contributed by atoms with Gasteiger partial charge in [0.15, 0.2) is 0 Å². The van der Waals surface area contributed by atoms with Crippen LogP contribution in [0.2, 0.25) is 0 Å². The van der Waals surface area contributed by atoms with Gasteiger partial charge in [-0.1, -0.05) is 25.1 Å². The molecule has 0 saturated carbocycles. The van der Waals surface area contributed by atoms with E-state index in [0.29, 0.717) is 30.6 Å². The number of hydrogen-bond donors (Lipinski definition) is 1. The number of rotatable bonds is 5. The van der Waals surface area contributed by atoms with Crippen molar-refractivity contribution in [1.29, 1.82) is 0 Å². The Morgan fingerprint density at radius 1 is 1.37 bits per heavy atom. The molecule has 0 atom stereocenters. The molecule has 0 bridgehead atoms. The summed E-state index contributed by atoms with van der Waals surface area (Å²) in [5.74, 6) is 2.27. The van der Waals surface area contributed by atoms with Gasteiger partial charge in [0.25, 0.3) is 0 Å². The van der Waals surface area contributed by atoms with Crippen LogP contribution >= 0.6 is 0 Å². The van der Waals surface area contributed by atoms with Gasteiger partial charge in [0, 0.05) is 13.0 Å². The van der Waals surface area contributed by atoms with E-state index < -0.39 is 0 Å². The fourth-order valence-corrected chi connectivity index (χ4v) is 1.85. The highest BCUT2D eigenvalue weighted by Gasteiger charge is 2.14. The van der Waals surface area contributed by atoms with Gasteiger partial charge in [0.2, 0.25) is 11.7 Å². The molecule has 0 aliphatic carbocycles. The van der Waals surface area contributed by atoms with Crippen LogP contribution in [0.5, 0.6) is 5.75 Å². The third-order valence-corrected chi connectivity index (χ3v) is 2.96. The molecule has 2 rings (SSSR count). The van der Waals surface area contributed by atoms with Crippen LogP contribution in [0.1, 0.15) is 31.2 Å². The molecule has 0 saturated heterocycles. The number of ether oxygens (including phenoxy) is 1. The highest BCUT2D eigenvalue weighted by Crippen LogP contribution is 2.31. The molecular weight excluding hydrogens is 242 g/mol. The zero-order valence-electron chi connectivity index (χ0n) is 11.5. The molecule has 0 amide bonds. The molecule has 102 valence electrons. The molecule has 2 aromatic rings. The zero-order chi connectivity index (χ0) is 13.8. The van der Waals surface area contributed by atoms with E-state index in [0.717, 1.165) is 11.3 Å². The zero-order valence-corrected chi connectivity index (χ0v) is 11.5. The maximum atomic E-state index is 5.48. The molecule has 0 aliphatic rings. The summed E-state index contributed by atoms with van der Waals surface area (Å²) in [5, 5.41) is 3.99. The van der Waals surface area contributed by atoms with Crippen LogP contribution in [-0.2, 0) is 6.42 Å². The lowest BCUT2D eigenvalue weighted by atomic mass is 10.00. The third-order valence-electron chi connectivity index (χ3n) is 2.96. The lowest BCUT2D eigenvalue weighted by molar-refractivity contribution is 0.379. The van der Waals surface area contributed by atoms with Crippen molar-refractivity contribution < 1.29 is 9.26 Å². The van der Waals surface area contributed by atoms with Crippen LogP contribution in [0.15, 0.2) is 22.7 Å². The van der Waals surface area contributed by atoms with Crippen molar-refractivity contribution in [2.24, 2.45) is 5.73 Å². The van der Waals surface area contributed by atoms with Crippen molar-refractivity contribution in [3.63, 3.8) is 0 Å². The highest BCUT2D eigenvalue weighted by atomic mass is 16.5. The quantitative estimate of drug-likeness (QED) is 0.894. The van der Waals surface area contributed by atoms with Crippen LogP contribution in [0.3, 0.4) is 0 Å². The monoisotopic (exact) mass is 261 g/mol.